The van der Waals surface area contributed by atoms with Crippen LogP contribution in [0.1, 0.15) is 54.3 Å². The Balaban J connectivity index is 1.59. The van der Waals surface area contributed by atoms with Crippen LogP contribution in [0.5, 0.6) is 5.75 Å². The number of halogens is 2. The summed E-state index contributed by atoms with van der Waals surface area (Å²) in [5.41, 5.74) is 1.11. The van der Waals surface area contributed by atoms with E-state index in [-0.39, 0.29) is 49.2 Å². The molecule has 5 rings (SSSR count). The zero-order valence-electron chi connectivity index (χ0n) is 17.4. The number of primary sulfonamides is 1. The minimum absolute atomic E-state index is 0.109. The summed E-state index contributed by atoms with van der Waals surface area (Å²) in [4.78, 5) is 10.5. The van der Waals surface area contributed by atoms with Crippen molar-refractivity contribution < 1.29 is 27.0 Å². The summed E-state index contributed by atoms with van der Waals surface area (Å²) >= 11 is 0. The number of hydrogen-bond donors (Lipinski definition) is 2. The Morgan fingerprint density at radius 3 is 2.75 bits per heavy atom. The van der Waals surface area contributed by atoms with Crippen LogP contribution in [0.15, 0.2) is 24.3 Å². The predicted molar refractivity (Wildman–Crippen MR) is 112 cm³/mol. The molecule has 2 aromatic rings. The number of hydrogen-bond acceptors (Lipinski definition) is 7. The molecule has 1 aliphatic carbocycles. The predicted octanol–water partition coefficient (Wildman–Crippen LogP) is 1.98. The molecule has 3 heterocycles. The van der Waals surface area contributed by atoms with Crippen LogP contribution in [-0.4, -0.2) is 47.9 Å². The number of anilines is 1. The van der Waals surface area contributed by atoms with Gasteiger partial charge < -0.3 is 14.7 Å². The van der Waals surface area contributed by atoms with Crippen molar-refractivity contribution in [1.82, 2.24) is 9.97 Å². The Bertz CT molecular complexity index is 1180. The quantitative estimate of drug-likeness (QED) is 0.707. The van der Waals surface area contributed by atoms with Gasteiger partial charge in [-0.25, -0.2) is 23.5 Å². The summed E-state index contributed by atoms with van der Waals surface area (Å²) in [5.74, 6) is -3.20. The first kappa shape index (κ1) is 21.5. The van der Waals surface area contributed by atoms with Crippen LogP contribution in [0.4, 0.5) is 14.7 Å². The zero-order chi connectivity index (χ0) is 22.8. The van der Waals surface area contributed by atoms with E-state index >= 15 is 0 Å². The van der Waals surface area contributed by atoms with Crippen LogP contribution in [-0.2, 0) is 22.4 Å². The monoisotopic (exact) mass is 466 g/mol. The van der Waals surface area contributed by atoms with Crippen LogP contribution in [0.3, 0.4) is 0 Å². The van der Waals surface area contributed by atoms with Gasteiger partial charge in [0.25, 0.3) is 5.92 Å². The standard InChI is InChI=1S/C21H24F2N4O4S/c1-11-15(28)9-27(11)20-25-18(14-6-7-21(22,23)19(14)26-20)17-8-12(10-32(24,29)30)13-4-2-3-5-16(13)31-17/h2-5,11-12,15,17,28H,6-10H2,1H3,(H2,24,29,30)/t11-,12?,15+,17+/m0/s1. The highest BCUT2D eigenvalue weighted by Gasteiger charge is 2.46. The average molecular weight is 467 g/mol. The van der Waals surface area contributed by atoms with Gasteiger partial charge in [0, 0.05) is 24.4 Å². The van der Waals surface area contributed by atoms with Crippen molar-refractivity contribution in [3.8, 4) is 5.75 Å². The average Bonchev–Trinajstić information content (AvgIpc) is 3.04. The van der Waals surface area contributed by atoms with E-state index in [0.29, 0.717) is 22.6 Å². The molecule has 1 fully saturated rings. The molecule has 0 bridgehead atoms. The number of nitrogens with two attached hydrogens (primary N) is 1. The van der Waals surface area contributed by atoms with Gasteiger partial charge in [-0.2, -0.15) is 8.78 Å². The van der Waals surface area contributed by atoms with Crippen LogP contribution >= 0.6 is 0 Å². The summed E-state index contributed by atoms with van der Waals surface area (Å²) in [5, 5.41) is 15.2. The number of rotatable bonds is 4. The third-order valence-electron chi connectivity index (χ3n) is 6.62. The minimum atomic E-state index is -3.78. The van der Waals surface area contributed by atoms with Gasteiger partial charge in [0.05, 0.1) is 23.6 Å². The van der Waals surface area contributed by atoms with Crippen molar-refractivity contribution in [1.29, 1.82) is 0 Å². The van der Waals surface area contributed by atoms with Crippen molar-refractivity contribution in [2.45, 2.75) is 56.3 Å². The van der Waals surface area contributed by atoms with Crippen LogP contribution in [0.25, 0.3) is 0 Å². The fourth-order valence-corrected chi connectivity index (χ4v) is 5.68. The molecule has 1 saturated heterocycles. The van der Waals surface area contributed by atoms with Gasteiger partial charge >= 0.3 is 0 Å². The summed E-state index contributed by atoms with van der Waals surface area (Å²) in [6, 6.07) is 6.77. The number of alkyl halides is 2. The molecule has 172 valence electrons. The molecule has 1 unspecified atom stereocenters. The largest absolute Gasteiger partial charge is 0.484 e. The number of aliphatic hydroxyl groups is 1. The second-order valence-electron chi connectivity index (χ2n) is 8.81. The van der Waals surface area contributed by atoms with Crippen LogP contribution in [0.2, 0.25) is 0 Å². The van der Waals surface area contributed by atoms with E-state index in [1.807, 2.05) is 0 Å². The second-order valence-corrected chi connectivity index (χ2v) is 10.5. The zero-order valence-corrected chi connectivity index (χ0v) is 18.2. The number of aromatic nitrogens is 2. The van der Waals surface area contributed by atoms with Crippen LogP contribution in [0, 0.1) is 0 Å². The van der Waals surface area contributed by atoms with Gasteiger partial charge in [0.1, 0.15) is 17.5 Å². The Hall–Kier alpha value is -2.37. The van der Waals surface area contributed by atoms with Crippen molar-refractivity contribution in [3.63, 3.8) is 0 Å². The molecule has 1 aromatic heterocycles. The highest BCUT2D eigenvalue weighted by atomic mass is 32.2. The Morgan fingerprint density at radius 1 is 1.31 bits per heavy atom. The maximum absolute atomic E-state index is 14.7. The van der Waals surface area contributed by atoms with Crippen molar-refractivity contribution in [2.75, 3.05) is 17.2 Å². The second kappa shape index (κ2) is 7.32. The number of benzene rings is 1. The van der Waals surface area contributed by atoms with Gasteiger partial charge in [0.2, 0.25) is 16.0 Å². The number of nitrogens with zero attached hydrogens (tertiary/aromatic N) is 3. The number of ether oxygens (including phenoxy) is 1. The van der Waals surface area contributed by atoms with E-state index in [0.717, 1.165) is 0 Å². The SMILES string of the molecule is C[C@H]1[C@H](O)CN1c1nc([C@H]2CC(CS(N)(=O)=O)c3ccccc3O2)c2c(n1)C(F)(F)CC2. The van der Waals surface area contributed by atoms with E-state index in [2.05, 4.69) is 9.97 Å². The van der Waals surface area contributed by atoms with E-state index < -0.39 is 34.1 Å². The number of β-amino-alcohol motifs (C(OH)–C–C–N with tert-alkyl or cyclic N) is 1. The van der Waals surface area contributed by atoms with Crippen molar-refractivity contribution >= 4 is 16.0 Å². The van der Waals surface area contributed by atoms with Crippen molar-refractivity contribution in [2.24, 2.45) is 5.14 Å². The first-order valence-corrected chi connectivity index (χ1v) is 12.2. The van der Waals surface area contributed by atoms with Crippen molar-refractivity contribution in [3.05, 3.63) is 46.8 Å². The molecular weight excluding hydrogens is 442 g/mol. The van der Waals surface area contributed by atoms with E-state index in [1.54, 1.807) is 36.1 Å². The minimum Gasteiger partial charge on any atom is -0.484 e. The molecule has 0 radical (unpaired) electrons. The fourth-order valence-electron chi connectivity index (χ4n) is 4.80. The molecule has 2 aliphatic heterocycles. The smallest absolute Gasteiger partial charge is 0.290 e. The first-order valence-electron chi connectivity index (χ1n) is 10.5. The fraction of sp³-hybridized carbons (Fsp3) is 0.524. The summed E-state index contributed by atoms with van der Waals surface area (Å²) in [6.45, 7) is 2.03. The molecular formula is C21H24F2N4O4S. The lowest BCUT2D eigenvalue weighted by atomic mass is 9.89. The van der Waals surface area contributed by atoms with Gasteiger partial charge in [-0.15, -0.1) is 0 Å². The molecule has 11 heteroatoms. The Kier molecular flexibility index (Phi) is 4.91. The molecule has 0 amide bonds. The summed E-state index contributed by atoms with van der Waals surface area (Å²) < 4.78 is 59.2. The molecule has 3 aliphatic rings. The lowest BCUT2D eigenvalue weighted by molar-refractivity contribution is -0.00608. The summed E-state index contributed by atoms with van der Waals surface area (Å²) in [7, 11) is -3.78. The normalized spacial score (nSPS) is 28.5. The van der Waals surface area contributed by atoms with Gasteiger partial charge in [-0.3, -0.25) is 0 Å². The number of para-hydroxylation sites is 1. The summed E-state index contributed by atoms with van der Waals surface area (Å²) in [6.07, 6.45) is -1.32. The van der Waals surface area contributed by atoms with Crippen LogP contribution < -0.4 is 14.8 Å². The third kappa shape index (κ3) is 3.61. The highest BCUT2D eigenvalue weighted by molar-refractivity contribution is 7.89. The molecule has 32 heavy (non-hydrogen) atoms. The molecule has 0 spiro atoms. The maximum Gasteiger partial charge on any atom is 0.290 e. The first-order chi connectivity index (χ1) is 15.0. The van der Waals surface area contributed by atoms with E-state index in [4.69, 9.17) is 9.88 Å². The number of aliphatic hydroxyl groups excluding tert-OH is 1. The van der Waals surface area contributed by atoms with Gasteiger partial charge in [-0.05, 0) is 31.4 Å². The van der Waals surface area contributed by atoms with Gasteiger partial charge in [-0.1, -0.05) is 18.2 Å². The van der Waals surface area contributed by atoms with E-state index in [1.165, 1.54) is 0 Å². The molecule has 0 saturated carbocycles. The third-order valence-corrected chi connectivity index (χ3v) is 7.48. The van der Waals surface area contributed by atoms with E-state index in [9.17, 15) is 22.3 Å². The molecule has 3 N–H and O–H groups in total. The molecule has 8 nitrogen and oxygen atoms in total. The Labute approximate surface area is 184 Å². The lowest BCUT2D eigenvalue weighted by Gasteiger charge is -2.43. The maximum atomic E-state index is 14.7. The Morgan fingerprint density at radius 2 is 2.06 bits per heavy atom. The molecule has 4 atom stereocenters. The van der Waals surface area contributed by atoms with Gasteiger partial charge in [0.15, 0.2) is 0 Å². The highest BCUT2D eigenvalue weighted by Crippen LogP contribution is 2.48. The topological polar surface area (TPSA) is 119 Å². The number of sulfonamides is 1. The molecule has 1 aromatic carbocycles. The number of fused-ring (bicyclic) bond motifs is 2. The lowest BCUT2D eigenvalue weighted by Crippen LogP contribution is -2.59.